The van der Waals surface area contributed by atoms with Crippen molar-refractivity contribution in [2.75, 3.05) is 11.9 Å². The summed E-state index contributed by atoms with van der Waals surface area (Å²) in [6, 6.07) is 7.46. The molecule has 6 nitrogen and oxygen atoms in total. The van der Waals surface area contributed by atoms with E-state index in [0.717, 1.165) is 35.0 Å². The van der Waals surface area contributed by atoms with Gasteiger partial charge in [0.25, 0.3) is 0 Å². The van der Waals surface area contributed by atoms with E-state index in [0.29, 0.717) is 6.54 Å². The first-order valence-corrected chi connectivity index (χ1v) is 7.60. The summed E-state index contributed by atoms with van der Waals surface area (Å²) in [6.07, 6.45) is 7.10. The van der Waals surface area contributed by atoms with Gasteiger partial charge in [-0.05, 0) is 37.5 Å². The maximum atomic E-state index is 12.0. The molecular formula is C17H19N5O. The quantitative estimate of drug-likeness (QED) is 0.634. The van der Waals surface area contributed by atoms with Gasteiger partial charge in [-0.2, -0.15) is 5.10 Å². The summed E-state index contributed by atoms with van der Waals surface area (Å²) in [5, 5.41) is 14.7. The van der Waals surface area contributed by atoms with E-state index in [1.54, 1.807) is 12.4 Å². The van der Waals surface area contributed by atoms with Gasteiger partial charge in [0.15, 0.2) is 0 Å². The van der Waals surface area contributed by atoms with Crippen molar-refractivity contribution in [3.63, 3.8) is 0 Å². The number of rotatable bonds is 5. The largest absolute Gasteiger partial charge is 0.338 e. The van der Waals surface area contributed by atoms with E-state index >= 15 is 0 Å². The third kappa shape index (κ3) is 3.66. The molecule has 0 radical (unpaired) electrons. The number of fused-ring (bicyclic) bond motifs is 1. The first-order chi connectivity index (χ1) is 11.2. The number of urea groups is 1. The zero-order valence-corrected chi connectivity index (χ0v) is 13.0. The SMILES string of the molecule is Cc1[nH]ncc1CCCNC(=O)Nc1cccc2cnccc12. The molecule has 0 unspecified atom stereocenters. The predicted octanol–water partition coefficient (Wildman–Crippen LogP) is 3.02. The Balaban J connectivity index is 1.52. The molecular weight excluding hydrogens is 290 g/mol. The van der Waals surface area contributed by atoms with Crippen molar-refractivity contribution >= 4 is 22.5 Å². The van der Waals surface area contributed by atoms with Gasteiger partial charge in [-0.25, -0.2) is 4.79 Å². The molecule has 2 aromatic heterocycles. The van der Waals surface area contributed by atoms with Gasteiger partial charge in [-0.3, -0.25) is 10.1 Å². The fraction of sp³-hybridized carbons (Fsp3) is 0.235. The Morgan fingerprint density at radius 3 is 3.00 bits per heavy atom. The van der Waals surface area contributed by atoms with Crippen LogP contribution in [0.5, 0.6) is 0 Å². The van der Waals surface area contributed by atoms with Crippen molar-refractivity contribution in [2.45, 2.75) is 19.8 Å². The van der Waals surface area contributed by atoms with E-state index in [2.05, 4.69) is 25.8 Å². The van der Waals surface area contributed by atoms with Gasteiger partial charge in [0.1, 0.15) is 0 Å². The van der Waals surface area contributed by atoms with Crippen LogP contribution >= 0.6 is 0 Å². The number of aryl methyl sites for hydroxylation is 2. The number of hydrogen-bond acceptors (Lipinski definition) is 3. The molecule has 0 aliphatic heterocycles. The van der Waals surface area contributed by atoms with Crippen LogP contribution in [0.4, 0.5) is 10.5 Å². The van der Waals surface area contributed by atoms with Gasteiger partial charge in [0, 0.05) is 35.4 Å². The maximum Gasteiger partial charge on any atom is 0.319 e. The third-order valence-electron chi connectivity index (χ3n) is 3.77. The Bertz CT molecular complexity index is 806. The number of carbonyl (C=O) groups excluding carboxylic acids is 1. The highest BCUT2D eigenvalue weighted by Gasteiger charge is 2.05. The molecule has 0 saturated carbocycles. The first-order valence-electron chi connectivity index (χ1n) is 7.60. The third-order valence-corrected chi connectivity index (χ3v) is 3.77. The minimum absolute atomic E-state index is 0.196. The van der Waals surface area contributed by atoms with Gasteiger partial charge in [0.2, 0.25) is 0 Å². The van der Waals surface area contributed by atoms with Crippen LogP contribution in [0.15, 0.2) is 42.9 Å². The number of amides is 2. The summed E-state index contributed by atoms with van der Waals surface area (Å²) in [4.78, 5) is 16.1. The Hall–Kier alpha value is -2.89. The molecule has 6 heteroatoms. The van der Waals surface area contributed by atoms with E-state index in [9.17, 15) is 4.79 Å². The molecule has 0 spiro atoms. The maximum absolute atomic E-state index is 12.0. The number of carbonyl (C=O) groups is 1. The number of benzene rings is 1. The molecule has 0 bridgehead atoms. The molecule has 0 saturated heterocycles. The minimum atomic E-state index is -0.196. The summed E-state index contributed by atoms with van der Waals surface area (Å²) in [6.45, 7) is 2.61. The molecule has 3 aromatic rings. The molecule has 118 valence electrons. The van der Waals surface area contributed by atoms with E-state index in [-0.39, 0.29) is 6.03 Å². The molecule has 23 heavy (non-hydrogen) atoms. The molecule has 3 rings (SSSR count). The molecule has 0 fully saturated rings. The standard InChI is InChI=1S/C17H19N5O/c1-12-13(11-20-22-12)5-3-8-19-17(23)21-16-6-2-4-14-10-18-9-7-15(14)16/h2,4,6-7,9-11H,3,5,8H2,1H3,(H,20,22)(H2,19,21,23). The van der Waals surface area contributed by atoms with Crippen molar-refractivity contribution in [3.05, 3.63) is 54.1 Å². The summed E-state index contributed by atoms with van der Waals surface area (Å²) >= 11 is 0. The van der Waals surface area contributed by atoms with E-state index < -0.39 is 0 Å². The summed E-state index contributed by atoms with van der Waals surface area (Å²) < 4.78 is 0. The number of H-pyrrole nitrogens is 1. The molecule has 3 N–H and O–H groups in total. The zero-order chi connectivity index (χ0) is 16.1. The van der Waals surface area contributed by atoms with Crippen molar-refractivity contribution in [2.24, 2.45) is 0 Å². The molecule has 2 amide bonds. The Kier molecular flexibility index (Phi) is 4.52. The highest BCUT2D eigenvalue weighted by atomic mass is 16.2. The number of anilines is 1. The minimum Gasteiger partial charge on any atom is -0.338 e. The highest BCUT2D eigenvalue weighted by Crippen LogP contribution is 2.21. The van der Waals surface area contributed by atoms with E-state index in [4.69, 9.17) is 0 Å². The van der Waals surface area contributed by atoms with Crippen LogP contribution in [-0.2, 0) is 6.42 Å². The molecule has 0 aliphatic carbocycles. The number of aromatic amines is 1. The van der Waals surface area contributed by atoms with Gasteiger partial charge in [-0.15, -0.1) is 0 Å². The second kappa shape index (κ2) is 6.91. The number of hydrogen-bond donors (Lipinski definition) is 3. The highest BCUT2D eigenvalue weighted by molar-refractivity contribution is 6.01. The Morgan fingerprint density at radius 1 is 1.26 bits per heavy atom. The average molecular weight is 309 g/mol. The number of aromatic nitrogens is 3. The fourth-order valence-electron chi connectivity index (χ4n) is 2.51. The molecule has 0 aliphatic rings. The smallest absolute Gasteiger partial charge is 0.319 e. The van der Waals surface area contributed by atoms with Crippen LogP contribution in [0.25, 0.3) is 10.8 Å². The normalized spacial score (nSPS) is 10.7. The van der Waals surface area contributed by atoms with Crippen LogP contribution in [0.1, 0.15) is 17.7 Å². The Labute approximate surface area is 134 Å². The second-order valence-corrected chi connectivity index (χ2v) is 5.41. The lowest BCUT2D eigenvalue weighted by Gasteiger charge is -2.10. The lowest BCUT2D eigenvalue weighted by molar-refractivity contribution is 0.252. The van der Waals surface area contributed by atoms with Crippen molar-refractivity contribution in [1.29, 1.82) is 0 Å². The summed E-state index contributed by atoms with van der Waals surface area (Å²) in [7, 11) is 0. The predicted molar refractivity (Wildman–Crippen MR) is 90.4 cm³/mol. The molecule has 1 aromatic carbocycles. The van der Waals surface area contributed by atoms with Crippen molar-refractivity contribution in [3.8, 4) is 0 Å². The van der Waals surface area contributed by atoms with Crippen molar-refractivity contribution < 1.29 is 4.79 Å². The number of pyridine rings is 1. The fourth-order valence-corrected chi connectivity index (χ4v) is 2.51. The monoisotopic (exact) mass is 309 g/mol. The van der Waals surface area contributed by atoms with E-state index in [1.165, 1.54) is 5.56 Å². The summed E-state index contributed by atoms with van der Waals surface area (Å²) in [5.74, 6) is 0. The number of nitrogens with one attached hydrogen (secondary N) is 3. The van der Waals surface area contributed by atoms with Crippen LogP contribution in [0.3, 0.4) is 0 Å². The van der Waals surface area contributed by atoms with Gasteiger partial charge >= 0.3 is 6.03 Å². The van der Waals surface area contributed by atoms with Crippen LogP contribution < -0.4 is 10.6 Å². The van der Waals surface area contributed by atoms with E-state index in [1.807, 2.05) is 37.4 Å². The lowest BCUT2D eigenvalue weighted by Crippen LogP contribution is -2.29. The number of nitrogens with zero attached hydrogens (tertiary/aromatic N) is 2. The van der Waals surface area contributed by atoms with Gasteiger partial charge in [-0.1, -0.05) is 12.1 Å². The summed E-state index contributed by atoms with van der Waals surface area (Å²) in [5.41, 5.74) is 3.06. The molecule has 0 atom stereocenters. The van der Waals surface area contributed by atoms with Gasteiger partial charge < -0.3 is 10.6 Å². The van der Waals surface area contributed by atoms with Crippen LogP contribution in [0.2, 0.25) is 0 Å². The van der Waals surface area contributed by atoms with Crippen molar-refractivity contribution in [1.82, 2.24) is 20.5 Å². The van der Waals surface area contributed by atoms with Crippen LogP contribution in [0, 0.1) is 6.92 Å². The van der Waals surface area contributed by atoms with Crippen LogP contribution in [-0.4, -0.2) is 27.8 Å². The second-order valence-electron chi connectivity index (χ2n) is 5.41. The average Bonchev–Trinajstić information content (AvgIpc) is 2.97. The molecule has 2 heterocycles. The van der Waals surface area contributed by atoms with Gasteiger partial charge in [0.05, 0.1) is 11.9 Å². The zero-order valence-electron chi connectivity index (χ0n) is 13.0. The lowest BCUT2D eigenvalue weighted by atomic mass is 10.1. The Morgan fingerprint density at radius 2 is 2.17 bits per heavy atom. The first kappa shape index (κ1) is 15.0. The topological polar surface area (TPSA) is 82.7 Å².